The summed E-state index contributed by atoms with van der Waals surface area (Å²) in [6, 6.07) is 2.14. The number of carbonyl (C=O) groups excluding carboxylic acids is 2. The molecule has 0 saturated carbocycles. The standard InChI is InChI=1S/C14H19F2N3O2/c1-3-17-14(21)19-13(20)9(2)18-5-4-10-6-11(15)8-12(16)7-10/h6-9,18H,3-5H2,1-2H3,(H2,17,19,20,21). The lowest BCUT2D eigenvalue weighted by molar-refractivity contribution is -0.121. The van der Waals surface area contributed by atoms with E-state index in [9.17, 15) is 18.4 Å². The molecule has 0 heterocycles. The van der Waals surface area contributed by atoms with Crippen LogP contribution in [0.2, 0.25) is 0 Å². The lowest BCUT2D eigenvalue weighted by Gasteiger charge is -2.13. The second kappa shape index (κ2) is 8.31. The third-order valence-electron chi connectivity index (χ3n) is 2.75. The van der Waals surface area contributed by atoms with Crippen LogP contribution in [0.4, 0.5) is 13.6 Å². The van der Waals surface area contributed by atoms with Crippen LogP contribution < -0.4 is 16.0 Å². The molecule has 7 heteroatoms. The van der Waals surface area contributed by atoms with Gasteiger partial charge in [-0.2, -0.15) is 0 Å². The summed E-state index contributed by atoms with van der Waals surface area (Å²) in [5, 5.41) is 7.50. The summed E-state index contributed by atoms with van der Waals surface area (Å²) in [6.07, 6.45) is 0.369. The first-order valence-corrected chi connectivity index (χ1v) is 6.69. The fourth-order valence-corrected chi connectivity index (χ4v) is 1.71. The Hall–Kier alpha value is -2.02. The molecule has 1 aromatic rings. The fourth-order valence-electron chi connectivity index (χ4n) is 1.71. The highest BCUT2D eigenvalue weighted by molar-refractivity contribution is 5.96. The van der Waals surface area contributed by atoms with Crippen molar-refractivity contribution in [3.05, 3.63) is 35.4 Å². The number of hydrogen-bond acceptors (Lipinski definition) is 3. The summed E-state index contributed by atoms with van der Waals surface area (Å²) in [5.41, 5.74) is 0.497. The van der Waals surface area contributed by atoms with E-state index in [-0.39, 0.29) is 0 Å². The van der Waals surface area contributed by atoms with Crippen molar-refractivity contribution in [1.82, 2.24) is 16.0 Å². The van der Waals surface area contributed by atoms with Crippen LogP contribution in [0.15, 0.2) is 18.2 Å². The first-order valence-electron chi connectivity index (χ1n) is 6.69. The largest absolute Gasteiger partial charge is 0.338 e. The van der Waals surface area contributed by atoms with Gasteiger partial charge in [-0.1, -0.05) is 0 Å². The summed E-state index contributed by atoms with van der Waals surface area (Å²) >= 11 is 0. The SMILES string of the molecule is CCNC(=O)NC(=O)C(C)NCCc1cc(F)cc(F)c1. The molecule has 3 N–H and O–H groups in total. The van der Waals surface area contributed by atoms with Gasteiger partial charge >= 0.3 is 6.03 Å². The number of nitrogens with one attached hydrogen (secondary N) is 3. The van der Waals surface area contributed by atoms with Gasteiger partial charge in [-0.25, -0.2) is 13.6 Å². The van der Waals surface area contributed by atoms with Crippen LogP contribution in [0.25, 0.3) is 0 Å². The van der Waals surface area contributed by atoms with Gasteiger partial charge in [-0.05, 0) is 44.5 Å². The molecule has 0 radical (unpaired) electrons. The van der Waals surface area contributed by atoms with E-state index in [4.69, 9.17) is 0 Å². The van der Waals surface area contributed by atoms with Crippen LogP contribution in [0.5, 0.6) is 0 Å². The number of imide groups is 1. The molecule has 3 amide bonds. The van der Waals surface area contributed by atoms with Gasteiger partial charge in [0.15, 0.2) is 0 Å². The zero-order chi connectivity index (χ0) is 15.8. The Morgan fingerprint density at radius 3 is 2.38 bits per heavy atom. The molecule has 0 aliphatic heterocycles. The topological polar surface area (TPSA) is 70.2 Å². The third kappa shape index (κ3) is 6.31. The van der Waals surface area contributed by atoms with Gasteiger partial charge in [-0.3, -0.25) is 10.1 Å². The van der Waals surface area contributed by atoms with Crippen molar-refractivity contribution >= 4 is 11.9 Å². The third-order valence-corrected chi connectivity index (χ3v) is 2.75. The highest BCUT2D eigenvalue weighted by Crippen LogP contribution is 2.08. The Bertz CT molecular complexity index is 489. The molecular formula is C14H19F2N3O2. The molecule has 0 aliphatic carbocycles. The molecule has 1 atom stereocenters. The normalized spacial score (nSPS) is 11.8. The zero-order valence-electron chi connectivity index (χ0n) is 12.0. The predicted molar refractivity (Wildman–Crippen MR) is 74.7 cm³/mol. The maximum Gasteiger partial charge on any atom is 0.321 e. The van der Waals surface area contributed by atoms with E-state index >= 15 is 0 Å². The Morgan fingerprint density at radius 1 is 1.19 bits per heavy atom. The number of urea groups is 1. The average Bonchev–Trinajstić information content (AvgIpc) is 2.37. The van der Waals surface area contributed by atoms with Gasteiger partial charge in [0, 0.05) is 12.6 Å². The zero-order valence-corrected chi connectivity index (χ0v) is 12.0. The average molecular weight is 299 g/mol. The molecule has 21 heavy (non-hydrogen) atoms. The second-order valence-corrected chi connectivity index (χ2v) is 4.55. The molecule has 0 fully saturated rings. The fraction of sp³-hybridized carbons (Fsp3) is 0.429. The minimum atomic E-state index is -0.632. The highest BCUT2D eigenvalue weighted by atomic mass is 19.1. The van der Waals surface area contributed by atoms with Gasteiger partial charge in [0.05, 0.1) is 6.04 Å². The van der Waals surface area contributed by atoms with Crippen molar-refractivity contribution in [2.45, 2.75) is 26.3 Å². The monoisotopic (exact) mass is 299 g/mol. The van der Waals surface area contributed by atoms with Crippen LogP contribution >= 0.6 is 0 Å². The van der Waals surface area contributed by atoms with Crippen LogP contribution in [0.3, 0.4) is 0 Å². The smallest absolute Gasteiger partial charge is 0.321 e. The molecule has 0 saturated heterocycles. The van der Waals surface area contributed by atoms with Crippen molar-refractivity contribution in [2.24, 2.45) is 0 Å². The first kappa shape index (κ1) is 17.0. The number of carbonyl (C=O) groups is 2. The van der Waals surface area contributed by atoms with Crippen LogP contribution in [0.1, 0.15) is 19.4 Å². The van der Waals surface area contributed by atoms with E-state index in [1.807, 2.05) is 0 Å². The molecular weight excluding hydrogens is 280 g/mol. The molecule has 0 aromatic heterocycles. The van der Waals surface area contributed by atoms with Crippen LogP contribution in [0, 0.1) is 11.6 Å². The van der Waals surface area contributed by atoms with Crippen LogP contribution in [-0.2, 0) is 11.2 Å². The van der Waals surface area contributed by atoms with Gasteiger partial charge in [0.25, 0.3) is 0 Å². The number of benzene rings is 1. The van der Waals surface area contributed by atoms with Crippen LogP contribution in [-0.4, -0.2) is 31.1 Å². The summed E-state index contributed by atoms with van der Waals surface area (Å²) in [6.45, 7) is 4.11. The van der Waals surface area contributed by atoms with E-state index in [0.29, 0.717) is 25.1 Å². The van der Waals surface area contributed by atoms with E-state index < -0.39 is 29.6 Å². The lowest BCUT2D eigenvalue weighted by atomic mass is 10.1. The Kier molecular flexibility index (Phi) is 6.74. The van der Waals surface area contributed by atoms with E-state index in [1.54, 1.807) is 13.8 Å². The molecule has 1 aromatic carbocycles. The Balaban J connectivity index is 2.37. The summed E-state index contributed by atoms with van der Waals surface area (Å²) in [7, 11) is 0. The van der Waals surface area contributed by atoms with Crippen molar-refractivity contribution < 1.29 is 18.4 Å². The van der Waals surface area contributed by atoms with Crippen molar-refractivity contribution in [3.8, 4) is 0 Å². The quantitative estimate of drug-likeness (QED) is 0.742. The minimum absolute atomic E-state index is 0.354. The molecule has 0 spiro atoms. The van der Waals surface area contributed by atoms with Crippen molar-refractivity contribution in [3.63, 3.8) is 0 Å². The maximum atomic E-state index is 13.0. The summed E-state index contributed by atoms with van der Waals surface area (Å²) in [4.78, 5) is 22.8. The lowest BCUT2D eigenvalue weighted by Crippen LogP contribution is -2.48. The molecule has 1 unspecified atom stereocenters. The van der Waals surface area contributed by atoms with E-state index in [0.717, 1.165) is 6.07 Å². The second-order valence-electron chi connectivity index (χ2n) is 4.55. The molecule has 0 bridgehead atoms. The maximum absolute atomic E-state index is 13.0. The van der Waals surface area contributed by atoms with Gasteiger partial charge in [-0.15, -0.1) is 0 Å². The highest BCUT2D eigenvalue weighted by Gasteiger charge is 2.14. The predicted octanol–water partition coefficient (Wildman–Crippen LogP) is 1.33. The molecule has 0 aliphatic rings. The van der Waals surface area contributed by atoms with Gasteiger partial charge in [0.2, 0.25) is 5.91 Å². The molecule has 116 valence electrons. The summed E-state index contributed by atoms with van der Waals surface area (Å²) < 4.78 is 26.0. The molecule has 5 nitrogen and oxygen atoms in total. The van der Waals surface area contributed by atoms with Crippen molar-refractivity contribution in [2.75, 3.05) is 13.1 Å². The van der Waals surface area contributed by atoms with E-state index in [2.05, 4.69) is 16.0 Å². The molecule has 1 rings (SSSR count). The first-order chi connectivity index (χ1) is 9.92. The Morgan fingerprint density at radius 2 is 1.81 bits per heavy atom. The van der Waals surface area contributed by atoms with Gasteiger partial charge in [0.1, 0.15) is 11.6 Å². The summed E-state index contributed by atoms with van der Waals surface area (Å²) in [5.74, 6) is -1.73. The number of halogens is 2. The minimum Gasteiger partial charge on any atom is -0.338 e. The number of amides is 3. The number of rotatable bonds is 6. The van der Waals surface area contributed by atoms with Crippen molar-refractivity contribution in [1.29, 1.82) is 0 Å². The van der Waals surface area contributed by atoms with Gasteiger partial charge < -0.3 is 10.6 Å². The van der Waals surface area contributed by atoms with E-state index in [1.165, 1.54) is 12.1 Å². The number of hydrogen-bond donors (Lipinski definition) is 3. The Labute approximate surface area is 122 Å².